The van der Waals surface area contributed by atoms with Crippen LogP contribution in [0.15, 0.2) is 30.7 Å². The second-order valence-corrected chi connectivity index (χ2v) is 6.32. The van der Waals surface area contributed by atoms with Crippen LogP contribution in [0.1, 0.15) is 35.3 Å². The molecule has 0 aliphatic carbocycles. The standard InChI is InChI=1S/C17H20N6O/c1-12-15-9-13(10-18-16(15)21-20-12)17(24)23-8-3-2-5-14(23)11-22-7-4-6-19-22/h4,6-7,9-10,14H,2-3,5,8,11H2,1H3,(H,18,20,21). The lowest BCUT2D eigenvalue weighted by Gasteiger charge is -2.35. The summed E-state index contributed by atoms with van der Waals surface area (Å²) in [6.07, 6.45) is 8.54. The van der Waals surface area contributed by atoms with Gasteiger partial charge in [0.2, 0.25) is 0 Å². The molecule has 0 spiro atoms. The Morgan fingerprint density at radius 3 is 3.17 bits per heavy atom. The van der Waals surface area contributed by atoms with E-state index in [-0.39, 0.29) is 11.9 Å². The van der Waals surface area contributed by atoms with Gasteiger partial charge in [0.15, 0.2) is 5.65 Å². The Kier molecular flexibility index (Phi) is 3.76. The normalized spacial score (nSPS) is 18.2. The van der Waals surface area contributed by atoms with E-state index in [1.54, 1.807) is 12.4 Å². The van der Waals surface area contributed by atoms with E-state index < -0.39 is 0 Å². The van der Waals surface area contributed by atoms with E-state index in [9.17, 15) is 4.79 Å². The fraction of sp³-hybridized carbons (Fsp3) is 0.412. The van der Waals surface area contributed by atoms with Gasteiger partial charge in [0.05, 0.1) is 18.2 Å². The highest BCUT2D eigenvalue weighted by atomic mass is 16.2. The van der Waals surface area contributed by atoms with Crippen LogP contribution in [0.4, 0.5) is 0 Å². The van der Waals surface area contributed by atoms with Crippen LogP contribution in [-0.4, -0.2) is 48.4 Å². The second-order valence-electron chi connectivity index (χ2n) is 6.32. The molecule has 4 rings (SSSR count). The summed E-state index contributed by atoms with van der Waals surface area (Å²) in [4.78, 5) is 19.3. The molecule has 1 amide bonds. The van der Waals surface area contributed by atoms with Gasteiger partial charge in [0, 0.05) is 36.2 Å². The van der Waals surface area contributed by atoms with Crippen LogP contribution in [0, 0.1) is 6.92 Å². The molecule has 1 aliphatic heterocycles. The van der Waals surface area contributed by atoms with Crippen LogP contribution in [0.5, 0.6) is 0 Å². The molecular formula is C17H20N6O. The molecule has 3 aromatic rings. The van der Waals surface area contributed by atoms with E-state index in [2.05, 4.69) is 20.3 Å². The number of aromatic amines is 1. The van der Waals surface area contributed by atoms with E-state index >= 15 is 0 Å². The number of amides is 1. The summed E-state index contributed by atoms with van der Waals surface area (Å²) in [6.45, 7) is 3.46. The molecule has 4 heterocycles. The number of aromatic nitrogens is 5. The maximum Gasteiger partial charge on any atom is 0.255 e. The monoisotopic (exact) mass is 324 g/mol. The van der Waals surface area contributed by atoms with Crippen LogP contribution in [-0.2, 0) is 6.54 Å². The number of nitrogens with zero attached hydrogens (tertiary/aromatic N) is 5. The number of carbonyl (C=O) groups excluding carboxylic acids is 1. The first-order valence-corrected chi connectivity index (χ1v) is 8.31. The van der Waals surface area contributed by atoms with Crippen LogP contribution in [0.25, 0.3) is 11.0 Å². The van der Waals surface area contributed by atoms with Crippen molar-refractivity contribution < 1.29 is 4.79 Å². The lowest BCUT2D eigenvalue weighted by molar-refractivity contribution is 0.0583. The van der Waals surface area contributed by atoms with Crippen molar-refractivity contribution in [3.05, 3.63) is 42.0 Å². The third-order valence-corrected chi connectivity index (χ3v) is 4.69. The molecule has 0 radical (unpaired) electrons. The van der Waals surface area contributed by atoms with Gasteiger partial charge in [-0.15, -0.1) is 0 Å². The average molecular weight is 324 g/mol. The van der Waals surface area contributed by atoms with Crippen molar-refractivity contribution in [1.82, 2.24) is 29.9 Å². The number of rotatable bonds is 3. The molecule has 3 aromatic heterocycles. The molecular weight excluding hydrogens is 304 g/mol. The maximum atomic E-state index is 13.0. The van der Waals surface area contributed by atoms with Crippen molar-refractivity contribution in [1.29, 1.82) is 0 Å². The fourth-order valence-corrected chi connectivity index (χ4v) is 3.38. The number of likely N-dealkylation sites (tertiary alicyclic amines) is 1. The Hall–Kier alpha value is -2.70. The Labute approximate surface area is 139 Å². The number of H-pyrrole nitrogens is 1. The number of fused-ring (bicyclic) bond motifs is 1. The van der Waals surface area contributed by atoms with Gasteiger partial charge >= 0.3 is 0 Å². The number of pyridine rings is 1. The number of hydrogen-bond donors (Lipinski definition) is 1. The molecule has 1 N–H and O–H groups in total. The second kappa shape index (κ2) is 6.07. The minimum atomic E-state index is 0.0434. The number of piperidine rings is 1. The summed E-state index contributed by atoms with van der Waals surface area (Å²) in [5, 5.41) is 12.2. The zero-order chi connectivity index (χ0) is 16.5. The van der Waals surface area contributed by atoms with E-state index in [0.29, 0.717) is 11.2 Å². The summed E-state index contributed by atoms with van der Waals surface area (Å²) < 4.78 is 1.90. The summed E-state index contributed by atoms with van der Waals surface area (Å²) in [6, 6.07) is 3.98. The van der Waals surface area contributed by atoms with Crippen molar-refractivity contribution >= 4 is 16.9 Å². The van der Waals surface area contributed by atoms with E-state index in [1.807, 2.05) is 34.8 Å². The van der Waals surface area contributed by atoms with Crippen LogP contribution >= 0.6 is 0 Å². The summed E-state index contributed by atoms with van der Waals surface area (Å²) >= 11 is 0. The van der Waals surface area contributed by atoms with Crippen molar-refractivity contribution in [2.24, 2.45) is 0 Å². The molecule has 1 aliphatic rings. The minimum absolute atomic E-state index is 0.0434. The highest BCUT2D eigenvalue weighted by Gasteiger charge is 2.28. The smallest absolute Gasteiger partial charge is 0.255 e. The van der Waals surface area contributed by atoms with Gasteiger partial charge in [-0.3, -0.25) is 14.6 Å². The molecule has 0 bridgehead atoms. The largest absolute Gasteiger partial charge is 0.334 e. The van der Waals surface area contributed by atoms with Crippen LogP contribution in [0.2, 0.25) is 0 Å². The number of carbonyl (C=O) groups is 1. The van der Waals surface area contributed by atoms with Crippen LogP contribution < -0.4 is 0 Å². The number of aryl methyl sites for hydroxylation is 1. The number of hydrogen-bond acceptors (Lipinski definition) is 4. The predicted octanol–water partition coefficient (Wildman–Crippen LogP) is 2.16. The predicted molar refractivity (Wildman–Crippen MR) is 89.5 cm³/mol. The zero-order valence-corrected chi connectivity index (χ0v) is 13.6. The van der Waals surface area contributed by atoms with E-state index in [4.69, 9.17) is 0 Å². The van der Waals surface area contributed by atoms with Gasteiger partial charge in [0.25, 0.3) is 5.91 Å². The molecule has 1 fully saturated rings. The molecule has 1 unspecified atom stereocenters. The third kappa shape index (κ3) is 2.66. The molecule has 1 atom stereocenters. The van der Waals surface area contributed by atoms with Gasteiger partial charge < -0.3 is 4.90 Å². The van der Waals surface area contributed by atoms with Crippen molar-refractivity contribution in [3.8, 4) is 0 Å². The molecule has 0 aromatic carbocycles. The molecule has 7 heteroatoms. The van der Waals surface area contributed by atoms with E-state index in [0.717, 1.165) is 43.4 Å². The van der Waals surface area contributed by atoms with Gasteiger partial charge in [-0.25, -0.2) is 4.98 Å². The summed E-state index contributed by atoms with van der Waals surface area (Å²) in [5.41, 5.74) is 2.20. The van der Waals surface area contributed by atoms with Crippen molar-refractivity contribution in [2.75, 3.05) is 6.54 Å². The quantitative estimate of drug-likeness (QED) is 0.800. The Morgan fingerprint density at radius 2 is 2.33 bits per heavy atom. The Morgan fingerprint density at radius 1 is 1.42 bits per heavy atom. The molecule has 7 nitrogen and oxygen atoms in total. The third-order valence-electron chi connectivity index (χ3n) is 4.69. The highest BCUT2D eigenvalue weighted by molar-refractivity contribution is 5.97. The van der Waals surface area contributed by atoms with Crippen LogP contribution in [0.3, 0.4) is 0 Å². The zero-order valence-electron chi connectivity index (χ0n) is 13.6. The first kappa shape index (κ1) is 14.9. The van der Waals surface area contributed by atoms with E-state index in [1.165, 1.54) is 0 Å². The Balaban J connectivity index is 1.61. The molecule has 0 saturated carbocycles. The molecule has 124 valence electrons. The minimum Gasteiger partial charge on any atom is -0.334 e. The fourth-order valence-electron chi connectivity index (χ4n) is 3.38. The van der Waals surface area contributed by atoms with Gasteiger partial charge in [-0.2, -0.15) is 10.2 Å². The van der Waals surface area contributed by atoms with Crippen molar-refractivity contribution in [3.63, 3.8) is 0 Å². The first-order chi connectivity index (χ1) is 11.7. The Bertz CT molecular complexity index is 853. The summed E-state index contributed by atoms with van der Waals surface area (Å²) in [5.74, 6) is 0.0434. The van der Waals surface area contributed by atoms with Gasteiger partial charge in [-0.05, 0) is 38.3 Å². The molecule has 24 heavy (non-hydrogen) atoms. The topological polar surface area (TPSA) is 79.7 Å². The molecule has 1 saturated heterocycles. The van der Waals surface area contributed by atoms with Crippen molar-refractivity contribution in [2.45, 2.75) is 38.8 Å². The van der Waals surface area contributed by atoms with Gasteiger partial charge in [0.1, 0.15) is 0 Å². The first-order valence-electron chi connectivity index (χ1n) is 8.31. The lowest BCUT2D eigenvalue weighted by atomic mass is 10.0. The lowest BCUT2D eigenvalue weighted by Crippen LogP contribution is -2.46. The SMILES string of the molecule is Cc1[nH]nc2ncc(C(=O)N3CCCCC3Cn3cccn3)cc12. The van der Waals surface area contributed by atoms with Gasteiger partial charge in [-0.1, -0.05) is 0 Å². The average Bonchev–Trinajstić information content (AvgIpc) is 3.25. The number of nitrogens with one attached hydrogen (secondary N) is 1. The maximum absolute atomic E-state index is 13.0. The highest BCUT2D eigenvalue weighted by Crippen LogP contribution is 2.22. The summed E-state index contributed by atoms with van der Waals surface area (Å²) in [7, 11) is 0.